The van der Waals surface area contributed by atoms with Gasteiger partial charge >= 0.3 is 5.97 Å². The van der Waals surface area contributed by atoms with Gasteiger partial charge in [-0.15, -0.1) is 0 Å². The number of piperidine rings is 1. The Bertz CT molecular complexity index is 366. The Hall–Kier alpha value is -1.49. The molecule has 0 bridgehead atoms. The monoisotopic (exact) mass is 225 g/mol. The van der Waals surface area contributed by atoms with Gasteiger partial charge in [-0.2, -0.15) is 0 Å². The molecular weight excluding hydrogens is 210 g/mol. The highest BCUT2D eigenvalue weighted by Crippen LogP contribution is 2.24. The first-order valence-electron chi connectivity index (χ1n) is 5.39. The largest absolute Gasteiger partial charge is 0.475 e. The third kappa shape index (κ3) is 2.19. The van der Waals surface area contributed by atoms with Crippen LogP contribution in [0.4, 0.5) is 5.88 Å². The summed E-state index contributed by atoms with van der Waals surface area (Å²) in [4.78, 5) is 12.7. The van der Waals surface area contributed by atoms with Gasteiger partial charge in [-0.25, -0.2) is 4.79 Å². The van der Waals surface area contributed by atoms with Crippen LogP contribution < -0.4 is 4.90 Å². The predicted molar refractivity (Wildman–Crippen MR) is 57.7 cm³/mol. The molecule has 0 saturated carbocycles. The van der Waals surface area contributed by atoms with E-state index in [0.29, 0.717) is 11.8 Å². The highest BCUT2D eigenvalue weighted by molar-refractivity contribution is 5.84. The normalized spacial score (nSPS) is 17.7. The number of anilines is 1. The van der Waals surface area contributed by atoms with E-state index >= 15 is 0 Å². The molecule has 1 fully saturated rings. The fourth-order valence-electron chi connectivity index (χ4n) is 1.95. The molecule has 0 atom stereocenters. The van der Waals surface area contributed by atoms with Crippen molar-refractivity contribution in [1.29, 1.82) is 0 Å². The zero-order chi connectivity index (χ0) is 11.5. The molecule has 1 aliphatic heterocycles. The number of nitrogens with zero attached hydrogens (tertiary/aromatic N) is 1. The number of furan rings is 1. The van der Waals surface area contributed by atoms with Gasteiger partial charge in [-0.3, -0.25) is 0 Å². The summed E-state index contributed by atoms with van der Waals surface area (Å²) in [6.07, 6.45) is 1.83. The number of hydrogen-bond donors (Lipinski definition) is 2. The third-order valence-corrected chi connectivity index (χ3v) is 2.99. The summed E-state index contributed by atoms with van der Waals surface area (Å²) >= 11 is 0. The average molecular weight is 225 g/mol. The number of hydrogen-bond acceptors (Lipinski definition) is 4. The summed E-state index contributed by atoms with van der Waals surface area (Å²) in [5, 5.41) is 17.7. The van der Waals surface area contributed by atoms with Crippen LogP contribution in [0, 0.1) is 5.92 Å². The lowest BCUT2D eigenvalue weighted by Crippen LogP contribution is -2.34. The lowest BCUT2D eigenvalue weighted by molar-refractivity contribution is 0.0663. The number of carboxylic acid groups (broad SMARTS) is 1. The summed E-state index contributed by atoms with van der Waals surface area (Å²) in [5.41, 5.74) is 0. The van der Waals surface area contributed by atoms with Crippen LogP contribution in [0.15, 0.2) is 16.5 Å². The zero-order valence-corrected chi connectivity index (χ0v) is 8.93. The second-order valence-corrected chi connectivity index (χ2v) is 4.06. The molecule has 88 valence electrons. The molecule has 5 heteroatoms. The molecule has 1 aliphatic rings. The van der Waals surface area contributed by atoms with E-state index in [2.05, 4.69) is 0 Å². The molecular formula is C11H15NO4. The van der Waals surface area contributed by atoms with E-state index in [1.54, 1.807) is 6.07 Å². The van der Waals surface area contributed by atoms with Crippen LogP contribution >= 0.6 is 0 Å². The quantitative estimate of drug-likeness (QED) is 0.808. The molecule has 0 unspecified atom stereocenters. The second kappa shape index (κ2) is 4.57. The van der Waals surface area contributed by atoms with Crippen molar-refractivity contribution in [1.82, 2.24) is 0 Å². The van der Waals surface area contributed by atoms with E-state index in [1.165, 1.54) is 6.07 Å². The maximum absolute atomic E-state index is 10.7. The van der Waals surface area contributed by atoms with Crippen LogP contribution in [0.25, 0.3) is 0 Å². The molecule has 2 heterocycles. The van der Waals surface area contributed by atoms with Gasteiger partial charge in [0.25, 0.3) is 0 Å². The van der Waals surface area contributed by atoms with Gasteiger partial charge in [-0.1, -0.05) is 0 Å². The Balaban J connectivity index is 2.00. The smallest absolute Gasteiger partial charge is 0.371 e. The zero-order valence-electron chi connectivity index (χ0n) is 8.93. The third-order valence-electron chi connectivity index (χ3n) is 2.99. The molecule has 1 aromatic rings. The Kier molecular flexibility index (Phi) is 3.14. The fourth-order valence-corrected chi connectivity index (χ4v) is 1.95. The topological polar surface area (TPSA) is 73.9 Å². The molecule has 0 aliphatic carbocycles. The first-order chi connectivity index (χ1) is 7.70. The minimum absolute atomic E-state index is 0.0284. The van der Waals surface area contributed by atoms with Gasteiger partial charge in [0.15, 0.2) is 5.88 Å². The van der Waals surface area contributed by atoms with Gasteiger partial charge in [0, 0.05) is 25.8 Å². The van der Waals surface area contributed by atoms with Crippen LogP contribution in [0.5, 0.6) is 0 Å². The van der Waals surface area contributed by atoms with Gasteiger partial charge in [0.1, 0.15) is 0 Å². The first kappa shape index (κ1) is 11.0. The Morgan fingerprint density at radius 1 is 1.44 bits per heavy atom. The van der Waals surface area contributed by atoms with E-state index in [0.717, 1.165) is 25.9 Å². The number of carboxylic acids is 1. The molecule has 5 nitrogen and oxygen atoms in total. The highest BCUT2D eigenvalue weighted by Gasteiger charge is 2.21. The summed E-state index contributed by atoms with van der Waals surface area (Å²) in [5.74, 6) is -0.102. The Morgan fingerprint density at radius 3 is 2.62 bits per heavy atom. The van der Waals surface area contributed by atoms with Crippen molar-refractivity contribution in [3.05, 3.63) is 17.9 Å². The number of aromatic carboxylic acids is 1. The number of aliphatic hydroxyl groups is 1. The minimum Gasteiger partial charge on any atom is -0.475 e. The molecule has 0 amide bonds. The summed E-state index contributed by atoms with van der Waals surface area (Å²) in [7, 11) is 0. The van der Waals surface area contributed by atoms with E-state index in [9.17, 15) is 4.79 Å². The number of carbonyl (C=O) groups is 1. The van der Waals surface area contributed by atoms with Crippen LogP contribution in [0.1, 0.15) is 23.4 Å². The summed E-state index contributed by atoms with van der Waals surface area (Å²) < 4.78 is 5.22. The van der Waals surface area contributed by atoms with E-state index < -0.39 is 5.97 Å². The van der Waals surface area contributed by atoms with E-state index in [-0.39, 0.29) is 12.4 Å². The SMILES string of the molecule is O=C(O)c1ccc(N2CCC(CO)CC2)o1. The highest BCUT2D eigenvalue weighted by atomic mass is 16.4. The standard InChI is InChI=1S/C11H15NO4/c13-7-8-3-5-12(6-4-8)10-2-1-9(16-10)11(14)15/h1-2,8,13H,3-7H2,(H,14,15). The lowest BCUT2D eigenvalue weighted by Gasteiger charge is -2.30. The van der Waals surface area contributed by atoms with Gasteiger partial charge in [0.2, 0.25) is 5.76 Å². The number of aliphatic hydroxyl groups excluding tert-OH is 1. The van der Waals surface area contributed by atoms with Crippen molar-refractivity contribution in [2.45, 2.75) is 12.8 Å². The van der Waals surface area contributed by atoms with Crippen molar-refractivity contribution in [2.75, 3.05) is 24.6 Å². The minimum atomic E-state index is -1.04. The van der Waals surface area contributed by atoms with Gasteiger partial charge in [-0.05, 0) is 24.8 Å². The molecule has 1 saturated heterocycles. The van der Waals surface area contributed by atoms with Crippen molar-refractivity contribution in [3.63, 3.8) is 0 Å². The summed E-state index contributed by atoms with van der Waals surface area (Å²) in [6.45, 7) is 1.84. The first-order valence-corrected chi connectivity index (χ1v) is 5.39. The second-order valence-electron chi connectivity index (χ2n) is 4.06. The van der Waals surface area contributed by atoms with Crippen LogP contribution in [-0.2, 0) is 0 Å². The lowest BCUT2D eigenvalue weighted by atomic mass is 9.98. The van der Waals surface area contributed by atoms with Crippen LogP contribution in [0.2, 0.25) is 0 Å². The molecule has 2 N–H and O–H groups in total. The van der Waals surface area contributed by atoms with Gasteiger partial charge in [0.05, 0.1) is 0 Å². The maximum atomic E-state index is 10.7. The average Bonchev–Trinajstić information content (AvgIpc) is 2.78. The molecule has 0 radical (unpaired) electrons. The Morgan fingerprint density at radius 2 is 2.12 bits per heavy atom. The molecule has 0 spiro atoms. The van der Waals surface area contributed by atoms with Crippen molar-refractivity contribution < 1.29 is 19.4 Å². The van der Waals surface area contributed by atoms with Crippen LogP contribution in [-0.4, -0.2) is 35.9 Å². The van der Waals surface area contributed by atoms with E-state index in [4.69, 9.17) is 14.6 Å². The number of rotatable bonds is 3. The van der Waals surface area contributed by atoms with E-state index in [1.807, 2.05) is 4.90 Å². The molecule has 16 heavy (non-hydrogen) atoms. The van der Waals surface area contributed by atoms with Crippen LogP contribution in [0.3, 0.4) is 0 Å². The van der Waals surface area contributed by atoms with Gasteiger partial charge < -0.3 is 19.5 Å². The Labute approximate surface area is 93.3 Å². The van der Waals surface area contributed by atoms with Crippen molar-refractivity contribution in [3.8, 4) is 0 Å². The molecule has 0 aromatic carbocycles. The predicted octanol–water partition coefficient (Wildman–Crippen LogP) is 1.19. The maximum Gasteiger partial charge on any atom is 0.371 e. The van der Waals surface area contributed by atoms with Crippen molar-refractivity contribution >= 4 is 11.9 Å². The molecule has 1 aromatic heterocycles. The molecule has 2 rings (SSSR count). The fraction of sp³-hybridized carbons (Fsp3) is 0.545. The summed E-state index contributed by atoms with van der Waals surface area (Å²) in [6, 6.07) is 3.15. The van der Waals surface area contributed by atoms with Crippen molar-refractivity contribution in [2.24, 2.45) is 5.92 Å².